The lowest BCUT2D eigenvalue weighted by Gasteiger charge is -2.13. The van der Waals surface area contributed by atoms with Gasteiger partial charge in [0.2, 0.25) is 11.8 Å². The van der Waals surface area contributed by atoms with Gasteiger partial charge in [-0.1, -0.05) is 90.1 Å². The van der Waals surface area contributed by atoms with Gasteiger partial charge in [0.05, 0.1) is 11.7 Å². The number of carbonyl (C=O) groups is 1. The number of benzene rings is 3. The fourth-order valence-corrected chi connectivity index (χ4v) is 3.81. The molecule has 4 aromatic rings. The lowest BCUT2D eigenvalue weighted by atomic mass is 9.91. The number of halogens is 1. The van der Waals surface area contributed by atoms with E-state index in [1.54, 1.807) is 24.3 Å². The Kier molecular flexibility index (Phi) is 6.47. The van der Waals surface area contributed by atoms with E-state index in [2.05, 4.69) is 15.5 Å². The Morgan fingerprint density at radius 3 is 2.23 bits per heavy atom. The molecule has 5 nitrogen and oxygen atoms in total. The summed E-state index contributed by atoms with van der Waals surface area (Å²) in [5, 5.41) is 12.1. The first-order chi connectivity index (χ1) is 14.7. The van der Waals surface area contributed by atoms with Gasteiger partial charge in [-0.3, -0.25) is 4.79 Å². The number of carbonyl (C=O) groups excluding carboxylic acids is 1. The molecule has 0 saturated heterocycles. The fraction of sp³-hybridized carbons (Fsp3) is 0.0870. The third kappa shape index (κ3) is 5.09. The van der Waals surface area contributed by atoms with E-state index in [9.17, 15) is 4.79 Å². The first-order valence-corrected chi connectivity index (χ1v) is 10.7. The molecule has 4 rings (SSSR count). The Morgan fingerprint density at radius 1 is 0.933 bits per heavy atom. The largest absolute Gasteiger partial charge is 0.415 e. The van der Waals surface area contributed by atoms with E-state index in [-0.39, 0.29) is 17.6 Å². The fourth-order valence-electron chi connectivity index (χ4n) is 3.05. The molecule has 0 aliphatic heterocycles. The van der Waals surface area contributed by atoms with Crippen LogP contribution in [0.15, 0.2) is 94.6 Å². The molecule has 0 aliphatic carbocycles. The van der Waals surface area contributed by atoms with Crippen molar-refractivity contribution in [3.05, 3.63) is 107 Å². The van der Waals surface area contributed by atoms with Crippen molar-refractivity contribution in [2.75, 3.05) is 11.1 Å². The van der Waals surface area contributed by atoms with Crippen LogP contribution in [0.2, 0.25) is 5.02 Å². The molecule has 3 aromatic carbocycles. The molecule has 1 heterocycles. The smallest absolute Gasteiger partial charge is 0.277 e. The normalized spacial score (nSPS) is 10.9. The second kappa shape index (κ2) is 9.61. The predicted molar refractivity (Wildman–Crippen MR) is 119 cm³/mol. The van der Waals surface area contributed by atoms with Crippen molar-refractivity contribution in [2.45, 2.75) is 11.1 Å². The maximum Gasteiger partial charge on any atom is 0.277 e. The Labute approximate surface area is 183 Å². The van der Waals surface area contributed by atoms with Crippen molar-refractivity contribution in [2.24, 2.45) is 0 Å². The number of rotatable bonds is 7. The highest BCUT2D eigenvalue weighted by atomic mass is 35.5. The number of amides is 1. The Morgan fingerprint density at radius 2 is 1.60 bits per heavy atom. The van der Waals surface area contributed by atoms with E-state index in [0.29, 0.717) is 21.8 Å². The molecule has 0 aliphatic rings. The monoisotopic (exact) mass is 435 g/mol. The molecule has 1 aromatic heterocycles. The molecule has 1 N–H and O–H groups in total. The van der Waals surface area contributed by atoms with Crippen LogP contribution in [0.5, 0.6) is 0 Å². The first-order valence-electron chi connectivity index (χ1n) is 9.30. The van der Waals surface area contributed by atoms with Crippen molar-refractivity contribution in [3.8, 4) is 0 Å². The van der Waals surface area contributed by atoms with E-state index in [1.165, 1.54) is 11.8 Å². The van der Waals surface area contributed by atoms with Gasteiger partial charge in [-0.2, -0.15) is 0 Å². The van der Waals surface area contributed by atoms with Crippen molar-refractivity contribution in [3.63, 3.8) is 0 Å². The maximum atomic E-state index is 12.2. The quantitative estimate of drug-likeness (QED) is 0.381. The molecule has 1 amide bonds. The molecule has 7 heteroatoms. The minimum absolute atomic E-state index is 0.148. The first kappa shape index (κ1) is 20.2. The third-order valence-corrected chi connectivity index (χ3v) is 5.42. The molecule has 0 saturated carbocycles. The Bertz CT molecular complexity index is 1080. The summed E-state index contributed by atoms with van der Waals surface area (Å²) in [6.45, 7) is 0. The second-order valence-corrected chi connectivity index (χ2v) is 7.87. The highest BCUT2D eigenvalue weighted by molar-refractivity contribution is 7.99. The molecular weight excluding hydrogens is 418 g/mol. The van der Waals surface area contributed by atoms with Gasteiger partial charge < -0.3 is 9.73 Å². The maximum absolute atomic E-state index is 12.2. The Hall–Kier alpha value is -3.09. The summed E-state index contributed by atoms with van der Waals surface area (Å²) in [5.41, 5.74) is 2.76. The molecule has 0 spiro atoms. The van der Waals surface area contributed by atoms with Gasteiger partial charge in [0.25, 0.3) is 5.22 Å². The number of aromatic nitrogens is 2. The second-order valence-electron chi connectivity index (χ2n) is 6.51. The van der Waals surface area contributed by atoms with Gasteiger partial charge in [0.1, 0.15) is 0 Å². The molecule has 0 radical (unpaired) electrons. The zero-order valence-electron chi connectivity index (χ0n) is 15.9. The summed E-state index contributed by atoms with van der Waals surface area (Å²) in [6.07, 6.45) is 0. The summed E-state index contributed by atoms with van der Waals surface area (Å²) >= 11 is 7.14. The van der Waals surface area contributed by atoms with E-state index < -0.39 is 0 Å². The van der Waals surface area contributed by atoms with Crippen molar-refractivity contribution in [1.82, 2.24) is 10.2 Å². The lowest BCUT2D eigenvalue weighted by molar-refractivity contribution is -0.113. The van der Waals surface area contributed by atoms with Crippen LogP contribution in [-0.2, 0) is 4.79 Å². The van der Waals surface area contributed by atoms with Crippen LogP contribution in [0, 0.1) is 0 Å². The number of nitrogens with zero attached hydrogens (tertiary/aromatic N) is 2. The van der Waals surface area contributed by atoms with Crippen molar-refractivity contribution in [1.29, 1.82) is 0 Å². The van der Waals surface area contributed by atoms with Crippen LogP contribution in [0.25, 0.3) is 0 Å². The van der Waals surface area contributed by atoms with E-state index in [1.807, 2.05) is 60.7 Å². The van der Waals surface area contributed by atoms with Crippen LogP contribution in [0.3, 0.4) is 0 Å². The predicted octanol–water partition coefficient (Wildman–Crippen LogP) is 5.63. The average molecular weight is 436 g/mol. The van der Waals surface area contributed by atoms with Crippen LogP contribution in [0.1, 0.15) is 22.9 Å². The summed E-state index contributed by atoms with van der Waals surface area (Å²) < 4.78 is 5.91. The molecule has 0 bridgehead atoms. The van der Waals surface area contributed by atoms with Crippen LogP contribution < -0.4 is 5.32 Å². The van der Waals surface area contributed by atoms with Gasteiger partial charge >= 0.3 is 0 Å². The third-order valence-electron chi connectivity index (χ3n) is 4.37. The van der Waals surface area contributed by atoms with Gasteiger partial charge in [0.15, 0.2) is 0 Å². The molecule has 30 heavy (non-hydrogen) atoms. The minimum atomic E-state index is -0.176. The standard InChI is InChI=1S/C23H18ClN3O2S/c24-18-12-7-13-19(14-18)25-20(28)15-30-23-27-26-22(29-23)21(16-8-3-1-4-9-16)17-10-5-2-6-11-17/h1-14,21H,15H2,(H,25,28). The molecule has 0 fully saturated rings. The number of anilines is 1. The number of thioether (sulfide) groups is 1. The molecule has 0 unspecified atom stereocenters. The number of hydrogen-bond acceptors (Lipinski definition) is 5. The van der Waals surface area contributed by atoms with Gasteiger partial charge in [-0.05, 0) is 29.3 Å². The number of hydrogen-bond donors (Lipinski definition) is 1. The van der Waals surface area contributed by atoms with E-state index >= 15 is 0 Å². The van der Waals surface area contributed by atoms with Gasteiger partial charge in [0, 0.05) is 10.7 Å². The van der Waals surface area contributed by atoms with Gasteiger partial charge in [-0.25, -0.2) is 0 Å². The van der Waals surface area contributed by atoms with E-state index in [0.717, 1.165) is 11.1 Å². The van der Waals surface area contributed by atoms with Crippen LogP contribution >= 0.6 is 23.4 Å². The molecule has 150 valence electrons. The van der Waals surface area contributed by atoms with Crippen LogP contribution in [0.4, 0.5) is 5.69 Å². The zero-order valence-corrected chi connectivity index (χ0v) is 17.4. The van der Waals surface area contributed by atoms with Gasteiger partial charge in [-0.15, -0.1) is 10.2 Å². The van der Waals surface area contributed by atoms with Crippen molar-refractivity contribution < 1.29 is 9.21 Å². The zero-order chi connectivity index (χ0) is 20.8. The summed E-state index contributed by atoms with van der Waals surface area (Å²) in [6, 6.07) is 27.0. The summed E-state index contributed by atoms with van der Waals surface area (Å²) in [7, 11) is 0. The minimum Gasteiger partial charge on any atom is -0.415 e. The van der Waals surface area contributed by atoms with Crippen LogP contribution in [-0.4, -0.2) is 21.9 Å². The SMILES string of the molecule is O=C(CSc1nnc(C(c2ccccc2)c2ccccc2)o1)Nc1cccc(Cl)c1. The lowest BCUT2D eigenvalue weighted by Crippen LogP contribution is -2.13. The van der Waals surface area contributed by atoms with E-state index in [4.69, 9.17) is 16.0 Å². The molecule has 0 atom stereocenters. The highest BCUT2D eigenvalue weighted by Gasteiger charge is 2.23. The highest BCUT2D eigenvalue weighted by Crippen LogP contribution is 2.32. The summed E-state index contributed by atoms with van der Waals surface area (Å²) in [4.78, 5) is 12.2. The Balaban J connectivity index is 1.47. The average Bonchev–Trinajstić information content (AvgIpc) is 3.23. The topological polar surface area (TPSA) is 68.0 Å². The summed E-state index contributed by atoms with van der Waals surface area (Å²) in [5.74, 6) is 0.291. The number of nitrogens with one attached hydrogen (secondary N) is 1. The van der Waals surface area contributed by atoms with Crippen molar-refractivity contribution >= 4 is 35.0 Å². The molecular formula is C23H18ClN3O2S.